The molecule has 1 unspecified atom stereocenters. The van der Waals surface area contributed by atoms with Gasteiger partial charge in [0.15, 0.2) is 0 Å². The number of nitrogens with zero attached hydrogens (tertiary/aromatic N) is 2. The fourth-order valence-electron chi connectivity index (χ4n) is 2.23. The molecule has 1 fully saturated rings. The van der Waals surface area contributed by atoms with Crippen molar-refractivity contribution in [2.24, 2.45) is 7.05 Å². The molecule has 21 heavy (non-hydrogen) atoms. The molecule has 1 aliphatic heterocycles. The molecule has 1 saturated heterocycles. The Hall–Kier alpha value is -1.42. The summed E-state index contributed by atoms with van der Waals surface area (Å²) in [5, 5.41) is 9.31. The molecule has 0 saturated carbocycles. The Balaban J connectivity index is 2.31. The topological polar surface area (TPSA) is 101 Å². The minimum atomic E-state index is -3.60. The van der Waals surface area contributed by atoms with Crippen LogP contribution in [0, 0.1) is 0 Å². The largest absolute Gasteiger partial charge is 0.394 e. The van der Waals surface area contributed by atoms with E-state index in [1.807, 2.05) is 0 Å². The number of carbonyl (C=O) groups is 1. The number of hydrogen-bond donors (Lipinski definition) is 2. The second kappa shape index (κ2) is 6.14. The molecular formula is C12H19N3O5S. The molecule has 118 valence electrons. The van der Waals surface area contributed by atoms with Crippen LogP contribution < -0.4 is 4.72 Å². The summed E-state index contributed by atoms with van der Waals surface area (Å²) < 4.78 is 32.5. The Labute approximate surface area is 123 Å². The second-order valence-corrected chi connectivity index (χ2v) is 6.68. The van der Waals surface area contributed by atoms with Crippen molar-refractivity contribution in [1.82, 2.24) is 14.2 Å². The van der Waals surface area contributed by atoms with Crippen LogP contribution in [0.2, 0.25) is 0 Å². The number of nitrogens with one attached hydrogen (secondary N) is 1. The first-order chi connectivity index (χ1) is 9.90. The predicted molar refractivity (Wildman–Crippen MR) is 74.4 cm³/mol. The van der Waals surface area contributed by atoms with Crippen molar-refractivity contribution in [1.29, 1.82) is 0 Å². The maximum absolute atomic E-state index is 12.5. The lowest BCUT2D eigenvalue weighted by molar-refractivity contribution is -0.0188. The van der Waals surface area contributed by atoms with Crippen LogP contribution in [0.3, 0.4) is 0 Å². The van der Waals surface area contributed by atoms with E-state index in [-0.39, 0.29) is 29.7 Å². The Morgan fingerprint density at radius 2 is 2.29 bits per heavy atom. The van der Waals surface area contributed by atoms with Crippen molar-refractivity contribution >= 4 is 15.9 Å². The third kappa shape index (κ3) is 3.10. The number of morpholine rings is 1. The highest BCUT2D eigenvalue weighted by molar-refractivity contribution is 7.89. The van der Waals surface area contributed by atoms with E-state index >= 15 is 0 Å². The predicted octanol–water partition coefficient (Wildman–Crippen LogP) is -1.23. The molecule has 1 aromatic heterocycles. The summed E-state index contributed by atoms with van der Waals surface area (Å²) in [5.74, 6) is -0.322. The summed E-state index contributed by atoms with van der Waals surface area (Å²) in [5.41, 5.74) is 0.254. The monoisotopic (exact) mass is 317 g/mol. The highest BCUT2D eigenvalue weighted by Crippen LogP contribution is 2.17. The number of amides is 1. The van der Waals surface area contributed by atoms with Gasteiger partial charge >= 0.3 is 0 Å². The fourth-order valence-corrected chi connectivity index (χ4v) is 3.03. The third-order valence-corrected chi connectivity index (χ3v) is 4.86. The maximum atomic E-state index is 12.5. The third-order valence-electron chi connectivity index (χ3n) is 3.48. The first kappa shape index (κ1) is 16.0. The van der Waals surface area contributed by atoms with Gasteiger partial charge in [0.05, 0.1) is 25.9 Å². The Bertz CT molecular complexity index is 625. The molecule has 1 aromatic rings. The molecule has 1 aliphatic rings. The van der Waals surface area contributed by atoms with Crippen molar-refractivity contribution < 1.29 is 23.1 Å². The molecule has 0 spiro atoms. The minimum Gasteiger partial charge on any atom is -0.394 e. The first-order valence-corrected chi connectivity index (χ1v) is 7.98. The van der Waals surface area contributed by atoms with E-state index in [2.05, 4.69) is 4.72 Å². The number of aromatic nitrogens is 1. The van der Waals surface area contributed by atoms with Gasteiger partial charge in [-0.2, -0.15) is 0 Å². The van der Waals surface area contributed by atoms with Crippen LogP contribution in [-0.4, -0.2) is 68.4 Å². The standard InChI is InChI=1S/C12H19N3O5S/c1-13-21(18,19)10-5-11(14(2)6-10)12(17)15-3-4-20-8-9(15)7-16/h5-6,9,13,16H,3-4,7-8H2,1-2H3. The molecule has 2 N–H and O–H groups in total. The molecule has 8 nitrogen and oxygen atoms in total. The van der Waals surface area contributed by atoms with Gasteiger partial charge in [-0.05, 0) is 13.1 Å². The van der Waals surface area contributed by atoms with Crippen LogP contribution in [0.4, 0.5) is 0 Å². The number of aryl methyl sites for hydroxylation is 1. The van der Waals surface area contributed by atoms with Crippen molar-refractivity contribution in [3.05, 3.63) is 18.0 Å². The molecule has 9 heteroatoms. The van der Waals surface area contributed by atoms with E-state index in [1.54, 1.807) is 7.05 Å². The zero-order chi connectivity index (χ0) is 15.6. The van der Waals surface area contributed by atoms with E-state index in [1.165, 1.54) is 28.8 Å². The molecule has 0 radical (unpaired) electrons. The van der Waals surface area contributed by atoms with Gasteiger partial charge in [0.1, 0.15) is 10.6 Å². The van der Waals surface area contributed by atoms with Gasteiger partial charge < -0.3 is 19.3 Å². The normalized spacial score (nSPS) is 19.8. The molecule has 1 amide bonds. The summed E-state index contributed by atoms with van der Waals surface area (Å²) in [6, 6.07) is 0.920. The zero-order valence-corrected chi connectivity index (χ0v) is 12.8. The molecular weight excluding hydrogens is 298 g/mol. The zero-order valence-electron chi connectivity index (χ0n) is 11.9. The van der Waals surface area contributed by atoms with Crippen LogP contribution in [0.5, 0.6) is 0 Å². The summed E-state index contributed by atoms with van der Waals surface area (Å²) in [6.45, 7) is 0.837. The highest BCUT2D eigenvalue weighted by atomic mass is 32.2. The number of carbonyl (C=O) groups excluding carboxylic acids is 1. The number of ether oxygens (including phenoxy) is 1. The Kier molecular flexibility index (Phi) is 4.67. The van der Waals surface area contributed by atoms with Crippen molar-refractivity contribution in [2.75, 3.05) is 33.4 Å². The van der Waals surface area contributed by atoms with Crippen LogP contribution in [0.15, 0.2) is 17.2 Å². The van der Waals surface area contributed by atoms with E-state index in [0.29, 0.717) is 13.2 Å². The molecule has 0 aromatic carbocycles. The van der Waals surface area contributed by atoms with Gasteiger partial charge in [-0.15, -0.1) is 0 Å². The number of hydrogen-bond acceptors (Lipinski definition) is 5. The van der Waals surface area contributed by atoms with E-state index in [4.69, 9.17) is 4.74 Å². The molecule has 1 atom stereocenters. The molecule has 0 aliphatic carbocycles. The van der Waals surface area contributed by atoms with Crippen LogP contribution >= 0.6 is 0 Å². The number of sulfonamides is 1. The SMILES string of the molecule is CNS(=O)(=O)c1cc(C(=O)N2CCOCC2CO)n(C)c1. The van der Waals surface area contributed by atoms with Crippen LogP contribution in [0.1, 0.15) is 10.5 Å². The summed E-state index contributed by atoms with van der Waals surface area (Å²) in [4.78, 5) is 14.1. The first-order valence-electron chi connectivity index (χ1n) is 6.50. The van der Waals surface area contributed by atoms with Crippen LogP contribution in [-0.2, 0) is 21.8 Å². The molecule has 2 rings (SSSR count). The average molecular weight is 317 g/mol. The van der Waals surface area contributed by atoms with Gasteiger partial charge in [0.2, 0.25) is 10.0 Å². The lowest BCUT2D eigenvalue weighted by atomic mass is 10.2. The maximum Gasteiger partial charge on any atom is 0.271 e. The Morgan fingerprint density at radius 3 is 2.90 bits per heavy atom. The van der Waals surface area contributed by atoms with Crippen molar-refractivity contribution in [3.63, 3.8) is 0 Å². The van der Waals surface area contributed by atoms with Gasteiger partial charge in [0, 0.05) is 19.8 Å². The van der Waals surface area contributed by atoms with E-state index in [0.717, 1.165) is 0 Å². The summed E-state index contributed by atoms with van der Waals surface area (Å²) >= 11 is 0. The number of rotatable bonds is 4. The fraction of sp³-hybridized carbons (Fsp3) is 0.583. The summed E-state index contributed by atoms with van der Waals surface area (Å²) in [7, 11) is -0.678. The average Bonchev–Trinajstić information content (AvgIpc) is 2.89. The van der Waals surface area contributed by atoms with Crippen LogP contribution in [0.25, 0.3) is 0 Å². The van der Waals surface area contributed by atoms with Crippen molar-refractivity contribution in [2.45, 2.75) is 10.9 Å². The number of aliphatic hydroxyl groups excluding tert-OH is 1. The lowest BCUT2D eigenvalue weighted by Crippen LogP contribution is -2.50. The lowest BCUT2D eigenvalue weighted by Gasteiger charge is -2.34. The van der Waals surface area contributed by atoms with Gasteiger partial charge in [-0.1, -0.05) is 0 Å². The molecule has 0 bridgehead atoms. The minimum absolute atomic E-state index is 0.0321. The van der Waals surface area contributed by atoms with E-state index in [9.17, 15) is 18.3 Å². The van der Waals surface area contributed by atoms with Crippen molar-refractivity contribution in [3.8, 4) is 0 Å². The Morgan fingerprint density at radius 1 is 1.57 bits per heavy atom. The smallest absolute Gasteiger partial charge is 0.271 e. The second-order valence-electron chi connectivity index (χ2n) is 4.79. The highest BCUT2D eigenvalue weighted by Gasteiger charge is 2.30. The molecule has 2 heterocycles. The summed E-state index contributed by atoms with van der Waals surface area (Å²) in [6.07, 6.45) is 1.38. The quantitative estimate of drug-likeness (QED) is 0.724. The van der Waals surface area contributed by atoms with E-state index < -0.39 is 16.1 Å². The number of aliphatic hydroxyl groups is 1. The van der Waals surface area contributed by atoms with Gasteiger partial charge in [-0.3, -0.25) is 4.79 Å². The van der Waals surface area contributed by atoms with Gasteiger partial charge in [0.25, 0.3) is 5.91 Å². The van der Waals surface area contributed by atoms with Gasteiger partial charge in [-0.25, -0.2) is 13.1 Å².